The van der Waals surface area contributed by atoms with E-state index >= 15 is 0 Å². The highest BCUT2D eigenvalue weighted by molar-refractivity contribution is 5.94. The molecule has 154 valence electrons. The summed E-state index contributed by atoms with van der Waals surface area (Å²) in [6, 6.07) is 3.67. The largest absolute Gasteiger partial charge is 0.342 e. The van der Waals surface area contributed by atoms with E-state index in [2.05, 4.69) is 16.8 Å². The number of carbonyl (C=O) groups excluding carboxylic acids is 2. The molecular formula is C21H33N5O2. The quantitative estimate of drug-likeness (QED) is 0.556. The molecule has 0 aromatic carbocycles. The van der Waals surface area contributed by atoms with Crippen molar-refractivity contribution in [2.45, 2.75) is 39.5 Å². The molecule has 2 aromatic rings. The van der Waals surface area contributed by atoms with Crippen molar-refractivity contribution < 1.29 is 9.59 Å². The second kappa shape index (κ2) is 10.2. The number of anilines is 1. The Morgan fingerprint density at radius 3 is 2.46 bits per heavy atom. The number of carbonyl (C=O) groups is 2. The van der Waals surface area contributed by atoms with E-state index in [0.717, 1.165) is 55.8 Å². The topological polar surface area (TPSA) is 61.2 Å². The van der Waals surface area contributed by atoms with Crippen molar-refractivity contribution in [3.63, 3.8) is 0 Å². The Balaban J connectivity index is 2.33. The third-order valence-corrected chi connectivity index (χ3v) is 4.84. The fourth-order valence-corrected chi connectivity index (χ4v) is 3.23. The first-order valence-corrected chi connectivity index (χ1v) is 10.1. The van der Waals surface area contributed by atoms with Gasteiger partial charge in [0.15, 0.2) is 0 Å². The molecule has 0 saturated heterocycles. The van der Waals surface area contributed by atoms with Gasteiger partial charge in [0.05, 0.1) is 11.3 Å². The predicted molar refractivity (Wildman–Crippen MR) is 113 cm³/mol. The highest BCUT2D eigenvalue weighted by Crippen LogP contribution is 2.24. The van der Waals surface area contributed by atoms with Crippen LogP contribution in [0, 0.1) is 0 Å². The van der Waals surface area contributed by atoms with E-state index in [9.17, 15) is 9.59 Å². The molecule has 0 aliphatic carbocycles. The molecule has 0 spiro atoms. The van der Waals surface area contributed by atoms with Crippen molar-refractivity contribution in [3.05, 3.63) is 29.6 Å². The standard InChI is InChI=1S/C21H33N5O2/c1-6-8-14-25(16-27)20-18(7-2)22-19-11-10-17(15-26(19)20)21(28)24(5)13-9-12-23(3)4/h10-11,15-16H,6-9,12-14H2,1-5H3. The zero-order chi connectivity index (χ0) is 20.7. The summed E-state index contributed by atoms with van der Waals surface area (Å²) in [6.07, 6.45) is 6.24. The number of rotatable bonds is 11. The van der Waals surface area contributed by atoms with Gasteiger partial charge in [-0.15, -0.1) is 0 Å². The maximum absolute atomic E-state index is 12.9. The number of nitrogens with zero attached hydrogens (tertiary/aromatic N) is 5. The number of pyridine rings is 1. The molecule has 0 aliphatic heterocycles. The maximum Gasteiger partial charge on any atom is 0.255 e. The molecule has 0 N–H and O–H groups in total. The zero-order valence-electron chi connectivity index (χ0n) is 17.8. The Bertz CT molecular complexity index is 799. The molecule has 2 rings (SSSR count). The number of imidazole rings is 1. The van der Waals surface area contributed by atoms with Gasteiger partial charge in [-0.2, -0.15) is 0 Å². The van der Waals surface area contributed by atoms with Gasteiger partial charge in [-0.05, 0) is 52.0 Å². The van der Waals surface area contributed by atoms with Gasteiger partial charge in [-0.1, -0.05) is 20.3 Å². The fraction of sp³-hybridized carbons (Fsp3) is 0.571. The van der Waals surface area contributed by atoms with Crippen LogP contribution >= 0.6 is 0 Å². The fourth-order valence-electron chi connectivity index (χ4n) is 3.23. The monoisotopic (exact) mass is 387 g/mol. The van der Waals surface area contributed by atoms with Crippen LogP contribution in [0.4, 0.5) is 5.82 Å². The summed E-state index contributed by atoms with van der Waals surface area (Å²) < 4.78 is 1.88. The van der Waals surface area contributed by atoms with Crippen LogP contribution < -0.4 is 4.90 Å². The number of hydrogen-bond acceptors (Lipinski definition) is 4. The van der Waals surface area contributed by atoms with Gasteiger partial charge in [0, 0.05) is 26.3 Å². The highest BCUT2D eigenvalue weighted by Gasteiger charge is 2.19. The Kier molecular flexibility index (Phi) is 7.99. The summed E-state index contributed by atoms with van der Waals surface area (Å²) in [6.45, 7) is 6.40. The van der Waals surface area contributed by atoms with Crippen LogP contribution in [0.25, 0.3) is 5.65 Å². The number of amides is 2. The third kappa shape index (κ3) is 5.10. The maximum atomic E-state index is 12.9. The number of aryl methyl sites for hydroxylation is 1. The summed E-state index contributed by atoms with van der Waals surface area (Å²) in [7, 11) is 5.88. The van der Waals surface area contributed by atoms with Crippen LogP contribution in [0.1, 0.15) is 49.2 Å². The van der Waals surface area contributed by atoms with E-state index in [4.69, 9.17) is 0 Å². The van der Waals surface area contributed by atoms with E-state index in [-0.39, 0.29) is 5.91 Å². The lowest BCUT2D eigenvalue weighted by atomic mass is 10.2. The molecule has 0 aliphatic rings. The van der Waals surface area contributed by atoms with Crippen LogP contribution in [-0.4, -0.2) is 72.3 Å². The lowest BCUT2D eigenvalue weighted by Gasteiger charge is -2.20. The van der Waals surface area contributed by atoms with Crippen LogP contribution in [0.5, 0.6) is 0 Å². The summed E-state index contributed by atoms with van der Waals surface area (Å²) in [5, 5.41) is 0. The summed E-state index contributed by atoms with van der Waals surface area (Å²) in [4.78, 5) is 34.8. The zero-order valence-corrected chi connectivity index (χ0v) is 17.8. The molecular weight excluding hydrogens is 354 g/mol. The van der Waals surface area contributed by atoms with Gasteiger partial charge in [-0.3, -0.25) is 18.9 Å². The van der Waals surface area contributed by atoms with Crippen molar-refractivity contribution in [2.75, 3.05) is 45.7 Å². The molecule has 0 fully saturated rings. The molecule has 28 heavy (non-hydrogen) atoms. The Labute approximate surface area is 167 Å². The van der Waals surface area contributed by atoms with Crippen molar-refractivity contribution in [1.82, 2.24) is 19.2 Å². The van der Waals surface area contributed by atoms with Gasteiger partial charge in [0.2, 0.25) is 6.41 Å². The molecule has 0 radical (unpaired) electrons. The highest BCUT2D eigenvalue weighted by atomic mass is 16.2. The first-order chi connectivity index (χ1) is 13.4. The average Bonchev–Trinajstić information content (AvgIpc) is 3.05. The molecule has 0 atom stereocenters. The average molecular weight is 388 g/mol. The molecule has 0 saturated carbocycles. The van der Waals surface area contributed by atoms with Crippen molar-refractivity contribution in [2.24, 2.45) is 0 Å². The van der Waals surface area contributed by atoms with E-state index in [1.165, 1.54) is 0 Å². The number of hydrogen-bond donors (Lipinski definition) is 0. The summed E-state index contributed by atoms with van der Waals surface area (Å²) >= 11 is 0. The molecule has 2 amide bonds. The van der Waals surface area contributed by atoms with E-state index < -0.39 is 0 Å². The van der Waals surface area contributed by atoms with E-state index in [0.29, 0.717) is 18.7 Å². The number of unbranched alkanes of at least 4 members (excludes halogenated alkanes) is 1. The third-order valence-electron chi connectivity index (χ3n) is 4.84. The molecule has 7 heteroatoms. The minimum atomic E-state index is -0.0236. The number of aromatic nitrogens is 2. The second-order valence-corrected chi connectivity index (χ2v) is 7.42. The molecule has 7 nitrogen and oxygen atoms in total. The van der Waals surface area contributed by atoms with Gasteiger partial charge >= 0.3 is 0 Å². The minimum Gasteiger partial charge on any atom is -0.342 e. The first kappa shape index (κ1) is 21.9. The van der Waals surface area contributed by atoms with Crippen LogP contribution in [0.15, 0.2) is 18.3 Å². The van der Waals surface area contributed by atoms with Crippen LogP contribution in [0.3, 0.4) is 0 Å². The molecule has 0 unspecified atom stereocenters. The summed E-state index contributed by atoms with van der Waals surface area (Å²) in [5.74, 6) is 0.746. The van der Waals surface area contributed by atoms with Gasteiger partial charge < -0.3 is 9.80 Å². The SMILES string of the molecule is CCCCN(C=O)c1c(CC)nc2ccc(C(=O)N(C)CCCN(C)C)cn12. The van der Waals surface area contributed by atoms with Crippen LogP contribution in [-0.2, 0) is 11.2 Å². The Hall–Kier alpha value is -2.41. The van der Waals surface area contributed by atoms with Crippen molar-refractivity contribution in [1.29, 1.82) is 0 Å². The van der Waals surface area contributed by atoms with Crippen LogP contribution in [0.2, 0.25) is 0 Å². The predicted octanol–water partition coefficient (Wildman–Crippen LogP) is 2.68. The molecule has 2 heterocycles. The van der Waals surface area contributed by atoms with Crippen molar-refractivity contribution in [3.8, 4) is 0 Å². The van der Waals surface area contributed by atoms with Crippen molar-refractivity contribution >= 4 is 23.8 Å². The summed E-state index contributed by atoms with van der Waals surface area (Å²) in [5.41, 5.74) is 2.22. The smallest absolute Gasteiger partial charge is 0.255 e. The number of fused-ring (bicyclic) bond motifs is 1. The molecule has 0 bridgehead atoms. The van der Waals surface area contributed by atoms with E-state index in [1.54, 1.807) is 9.80 Å². The minimum absolute atomic E-state index is 0.0236. The first-order valence-electron chi connectivity index (χ1n) is 10.1. The Morgan fingerprint density at radius 1 is 1.11 bits per heavy atom. The van der Waals surface area contributed by atoms with Gasteiger partial charge in [0.1, 0.15) is 11.5 Å². The van der Waals surface area contributed by atoms with Gasteiger partial charge in [0.25, 0.3) is 5.91 Å². The normalized spacial score (nSPS) is 11.2. The van der Waals surface area contributed by atoms with Gasteiger partial charge in [-0.25, -0.2) is 4.98 Å². The van der Waals surface area contributed by atoms with E-state index in [1.807, 2.05) is 50.8 Å². The second-order valence-electron chi connectivity index (χ2n) is 7.42. The lowest BCUT2D eigenvalue weighted by molar-refractivity contribution is -0.107. The molecule has 2 aromatic heterocycles. The Morgan fingerprint density at radius 2 is 1.86 bits per heavy atom. The lowest BCUT2D eigenvalue weighted by Crippen LogP contribution is -2.30.